The van der Waals surface area contributed by atoms with E-state index in [1.807, 2.05) is 24.3 Å². The zero-order chi connectivity index (χ0) is 13.7. The van der Waals surface area contributed by atoms with E-state index in [2.05, 4.69) is 16.9 Å². The van der Waals surface area contributed by atoms with Gasteiger partial charge in [0.1, 0.15) is 16.5 Å². The van der Waals surface area contributed by atoms with Crippen LogP contribution in [0.1, 0.15) is 24.5 Å². The Bertz CT molecular complexity index is 544. The van der Waals surface area contributed by atoms with Gasteiger partial charge in [0.05, 0.1) is 0 Å². The van der Waals surface area contributed by atoms with Crippen molar-refractivity contribution in [3.05, 3.63) is 51.9 Å². The number of hydrogen-bond acceptors (Lipinski definition) is 3. The number of halogens is 2. The summed E-state index contributed by atoms with van der Waals surface area (Å²) in [5, 5.41) is 2.29. The van der Waals surface area contributed by atoms with Crippen LogP contribution in [-0.2, 0) is 12.2 Å². The van der Waals surface area contributed by atoms with Gasteiger partial charge < -0.3 is 0 Å². The van der Waals surface area contributed by atoms with Crippen LogP contribution >= 0.6 is 35.0 Å². The second-order valence-corrected chi connectivity index (χ2v) is 5.87. The number of hydrogen-bond donors (Lipinski definition) is 0. The van der Waals surface area contributed by atoms with Crippen molar-refractivity contribution in [3.8, 4) is 0 Å². The molecule has 0 unspecified atom stereocenters. The Morgan fingerprint density at radius 3 is 2.53 bits per heavy atom. The minimum Gasteiger partial charge on any atom is -0.230 e. The fourth-order valence-electron chi connectivity index (χ4n) is 1.69. The summed E-state index contributed by atoms with van der Waals surface area (Å²) in [6.45, 7) is 2.12. The molecular formula is C14H14Cl2N2S. The van der Waals surface area contributed by atoms with Crippen LogP contribution in [0, 0.1) is 0 Å². The third kappa shape index (κ3) is 4.10. The highest BCUT2D eigenvalue weighted by atomic mass is 35.5. The van der Waals surface area contributed by atoms with Gasteiger partial charge in [-0.25, -0.2) is 9.97 Å². The monoisotopic (exact) mass is 312 g/mol. The van der Waals surface area contributed by atoms with Crippen molar-refractivity contribution >= 4 is 35.0 Å². The van der Waals surface area contributed by atoms with Crippen molar-refractivity contribution in [3.63, 3.8) is 0 Å². The Labute approximate surface area is 127 Å². The topological polar surface area (TPSA) is 25.8 Å². The van der Waals surface area contributed by atoms with Crippen molar-refractivity contribution in [1.82, 2.24) is 9.97 Å². The van der Waals surface area contributed by atoms with Crippen LogP contribution in [0.2, 0.25) is 10.2 Å². The molecule has 0 aliphatic rings. The van der Waals surface area contributed by atoms with E-state index >= 15 is 0 Å². The van der Waals surface area contributed by atoms with E-state index in [-0.39, 0.29) is 0 Å². The first-order valence-corrected chi connectivity index (χ1v) is 7.81. The van der Waals surface area contributed by atoms with Gasteiger partial charge in [0.15, 0.2) is 0 Å². The lowest BCUT2D eigenvalue weighted by Gasteiger charge is -2.08. The van der Waals surface area contributed by atoms with Gasteiger partial charge in [0, 0.05) is 16.3 Å². The van der Waals surface area contributed by atoms with Gasteiger partial charge in [-0.2, -0.15) is 0 Å². The number of benzene rings is 1. The molecule has 2 aromatic rings. The van der Waals surface area contributed by atoms with Gasteiger partial charge in [0.2, 0.25) is 0 Å². The highest BCUT2D eigenvalue weighted by Crippen LogP contribution is 2.28. The lowest BCUT2D eigenvalue weighted by molar-refractivity contribution is 0.856. The molecule has 0 spiro atoms. The van der Waals surface area contributed by atoms with E-state index in [0.717, 1.165) is 34.2 Å². The molecular weight excluding hydrogens is 299 g/mol. The third-order valence-corrected chi connectivity index (χ3v) is 4.32. The lowest BCUT2D eigenvalue weighted by Crippen LogP contribution is -1.95. The van der Waals surface area contributed by atoms with Gasteiger partial charge in [0.25, 0.3) is 0 Å². The predicted octanol–water partition coefficient (Wildman–Crippen LogP) is 5.03. The average Bonchev–Trinajstić information content (AvgIpc) is 2.41. The van der Waals surface area contributed by atoms with Crippen LogP contribution in [0.15, 0.2) is 35.6 Å². The minimum atomic E-state index is 0.565. The number of aromatic nitrogens is 2. The van der Waals surface area contributed by atoms with Crippen LogP contribution in [0.3, 0.4) is 0 Å². The molecule has 0 N–H and O–H groups in total. The van der Waals surface area contributed by atoms with Crippen LogP contribution in [-0.4, -0.2) is 9.97 Å². The lowest BCUT2D eigenvalue weighted by atomic mass is 10.2. The van der Waals surface area contributed by atoms with Gasteiger partial charge >= 0.3 is 0 Å². The van der Waals surface area contributed by atoms with Crippen molar-refractivity contribution in [1.29, 1.82) is 0 Å². The van der Waals surface area contributed by atoms with Crippen LogP contribution in [0.25, 0.3) is 0 Å². The van der Waals surface area contributed by atoms with Crippen LogP contribution in [0.4, 0.5) is 0 Å². The molecule has 0 fully saturated rings. The summed E-state index contributed by atoms with van der Waals surface area (Å²) in [6, 6.07) is 7.85. The van der Waals surface area contributed by atoms with E-state index in [9.17, 15) is 0 Å². The Morgan fingerprint density at radius 2 is 1.84 bits per heavy atom. The van der Waals surface area contributed by atoms with Gasteiger partial charge in [-0.05, 0) is 24.1 Å². The fraction of sp³-hybridized carbons (Fsp3) is 0.286. The summed E-state index contributed by atoms with van der Waals surface area (Å²) in [5.41, 5.74) is 2.26. The maximum absolute atomic E-state index is 6.13. The maximum atomic E-state index is 6.13. The fourth-order valence-corrected chi connectivity index (χ4v) is 3.09. The first-order chi connectivity index (χ1) is 9.20. The molecule has 2 nitrogen and oxygen atoms in total. The summed E-state index contributed by atoms with van der Waals surface area (Å²) in [6.07, 6.45) is 3.45. The van der Waals surface area contributed by atoms with Crippen molar-refractivity contribution < 1.29 is 0 Å². The summed E-state index contributed by atoms with van der Waals surface area (Å²) in [5.74, 6) is 0.848. The largest absolute Gasteiger partial charge is 0.230 e. The second kappa shape index (κ2) is 7.13. The molecule has 1 heterocycles. The molecule has 0 amide bonds. The molecule has 1 aromatic heterocycles. The molecule has 0 aliphatic carbocycles. The highest BCUT2D eigenvalue weighted by molar-refractivity contribution is 7.98. The molecule has 0 saturated heterocycles. The molecule has 1 aromatic carbocycles. The van der Waals surface area contributed by atoms with Crippen LogP contribution < -0.4 is 0 Å². The zero-order valence-corrected chi connectivity index (χ0v) is 12.9. The van der Waals surface area contributed by atoms with E-state index in [0.29, 0.717) is 5.15 Å². The minimum absolute atomic E-state index is 0.565. The molecule has 0 saturated carbocycles. The Balaban J connectivity index is 2.10. The highest BCUT2D eigenvalue weighted by Gasteiger charge is 2.09. The normalized spacial score (nSPS) is 10.7. The Kier molecular flexibility index (Phi) is 5.49. The molecule has 0 radical (unpaired) electrons. The second-order valence-electron chi connectivity index (χ2n) is 4.11. The summed E-state index contributed by atoms with van der Waals surface area (Å²) in [7, 11) is 0. The van der Waals surface area contributed by atoms with Crippen molar-refractivity contribution in [2.45, 2.75) is 30.5 Å². The predicted molar refractivity (Wildman–Crippen MR) is 82.1 cm³/mol. The third-order valence-electron chi connectivity index (χ3n) is 2.64. The molecule has 100 valence electrons. The quantitative estimate of drug-likeness (QED) is 0.572. The Hall–Kier alpha value is -0.770. The average molecular weight is 313 g/mol. The van der Waals surface area contributed by atoms with Gasteiger partial charge in [-0.1, -0.05) is 48.7 Å². The SMILES string of the molecule is CCCc1c(Cl)ncnc1SCc1ccc(Cl)cc1. The van der Waals surface area contributed by atoms with Crippen molar-refractivity contribution in [2.24, 2.45) is 0 Å². The first-order valence-electron chi connectivity index (χ1n) is 6.07. The maximum Gasteiger partial charge on any atom is 0.136 e. The van der Waals surface area contributed by atoms with E-state index < -0.39 is 0 Å². The smallest absolute Gasteiger partial charge is 0.136 e. The molecule has 19 heavy (non-hydrogen) atoms. The molecule has 0 bridgehead atoms. The van der Waals surface area contributed by atoms with Gasteiger partial charge in [-0.3, -0.25) is 0 Å². The molecule has 2 rings (SSSR count). The number of nitrogens with zero attached hydrogens (tertiary/aromatic N) is 2. The summed E-state index contributed by atoms with van der Waals surface area (Å²) >= 11 is 13.7. The van der Waals surface area contributed by atoms with E-state index in [1.54, 1.807) is 11.8 Å². The number of rotatable bonds is 5. The van der Waals surface area contributed by atoms with E-state index in [1.165, 1.54) is 11.9 Å². The molecule has 5 heteroatoms. The molecule has 0 aliphatic heterocycles. The van der Waals surface area contributed by atoms with Crippen LogP contribution in [0.5, 0.6) is 0 Å². The Morgan fingerprint density at radius 1 is 1.11 bits per heavy atom. The standard InChI is InChI=1S/C14H14Cl2N2S/c1-2-3-12-13(16)17-9-18-14(12)19-8-10-4-6-11(15)7-5-10/h4-7,9H,2-3,8H2,1H3. The first kappa shape index (κ1) is 14.6. The summed E-state index contributed by atoms with van der Waals surface area (Å²) < 4.78 is 0. The zero-order valence-electron chi connectivity index (χ0n) is 10.6. The van der Waals surface area contributed by atoms with E-state index in [4.69, 9.17) is 23.2 Å². The number of thioether (sulfide) groups is 1. The van der Waals surface area contributed by atoms with Crippen molar-refractivity contribution in [2.75, 3.05) is 0 Å². The summed E-state index contributed by atoms with van der Waals surface area (Å²) in [4.78, 5) is 8.38. The van der Waals surface area contributed by atoms with Gasteiger partial charge in [-0.15, -0.1) is 11.8 Å². The molecule has 0 atom stereocenters.